The third-order valence-corrected chi connectivity index (χ3v) is 31.5. The van der Waals surface area contributed by atoms with E-state index in [4.69, 9.17) is 43.6 Å². The van der Waals surface area contributed by atoms with Crippen LogP contribution in [-0.2, 0) is 19.8 Å². The van der Waals surface area contributed by atoms with E-state index >= 15 is 0 Å². The third kappa shape index (κ3) is 22.9. The Morgan fingerprint density at radius 1 is 0.321 bits per heavy atom. The van der Waals surface area contributed by atoms with Gasteiger partial charge < -0.3 is 33.9 Å². The summed E-state index contributed by atoms with van der Waals surface area (Å²) in [6.07, 6.45) is 5.74. The predicted molar refractivity (Wildman–Crippen MR) is 548 cm³/mol. The van der Waals surface area contributed by atoms with Crippen LogP contribution in [0.1, 0.15) is 163 Å². The minimum Gasteiger partial charge on any atom is -0.496 e. The van der Waals surface area contributed by atoms with Gasteiger partial charge >= 0.3 is 0 Å². The molecule has 5 atom stereocenters. The number of halogens is 1. The smallest absolute Gasteiger partial charge is 0.148 e. The van der Waals surface area contributed by atoms with Crippen molar-refractivity contribution >= 4 is 138 Å². The normalized spacial score (nSPS) is 16.5. The van der Waals surface area contributed by atoms with E-state index in [0.29, 0.717) is 5.25 Å². The Morgan fingerprint density at radius 2 is 0.634 bits per heavy atom. The Morgan fingerprint density at radius 3 is 0.977 bits per heavy atom. The van der Waals surface area contributed by atoms with E-state index in [-0.39, 0.29) is 46.6 Å². The number of nitrogens with zero attached hydrogens (tertiary/aromatic N) is 5. The summed E-state index contributed by atoms with van der Waals surface area (Å²) in [7, 11) is 4.94. The molecule has 0 radical (unpaired) electrons. The summed E-state index contributed by atoms with van der Waals surface area (Å²) < 4.78 is 36.4. The number of rotatable bonds is 16. The summed E-state index contributed by atoms with van der Waals surface area (Å²) in [5, 5.41) is 34.6. The number of aliphatic imine (C=N–C) groups is 5. The van der Waals surface area contributed by atoms with Crippen molar-refractivity contribution in [2.45, 2.75) is 144 Å². The third-order valence-electron chi connectivity index (χ3n) is 23.1. The van der Waals surface area contributed by atoms with Gasteiger partial charge in [-0.15, -0.1) is 81.5 Å². The number of hydrogen-bond donors (Lipinski definition) is 3. The number of benzene rings is 12. The van der Waals surface area contributed by atoms with Gasteiger partial charge in [0.1, 0.15) is 28.8 Å². The quantitative estimate of drug-likeness (QED) is 0.0840. The molecule has 8 heterocycles. The van der Waals surface area contributed by atoms with Gasteiger partial charge in [0.2, 0.25) is 0 Å². The Balaban J connectivity index is 0.000000120. The zero-order valence-corrected chi connectivity index (χ0v) is 80.2. The summed E-state index contributed by atoms with van der Waals surface area (Å²) in [4.78, 5) is 33.0. The van der Waals surface area contributed by atoms with Crippen molar-refractivity contribution in [2.24, 2.45) is 25.0 Å². The molecular weight excluding hydrogens is 1760 g/mol. The SMILES string of the molecule is COc1c(C)cc(C2CC(c3ccc(C)cc3)=Nc3ccccc3S2)cc1CO.COc1c(C)cc(C2CC(c3ccco3)=Nc3ccccc3S2)cc1CO.COc1c(C)cc(C2CC(c3cccs3)=Nc3ccccc3S2)cc1CO.Cc1ccc(C2=Nc3ccccc3SC(c3ccc(C)cc3)C2)cc1.Fc1ccccc1C1CC(c2cccs2)=Nc2ccccc2S1. The standard InChI is InChI=1S/C25H25NO2S.C23H21NS.C22H21NO3S.C22H21NO2S2.C19H14FNS2/c1-16-8-10-18(11-9-16)22-14-24(29-23-7-5-4-6-21(23)26-22)19-12-17(2)25(28-3)20(13-19)15-27;1-16-7-11-18(12-8-16)21-15-23(19-13-9-17(2)10-14-19)25-22-6-4-3-5-20(22)24-21;1-14-10-15(11-16(13-24)22(14)25-2)21-12-18(19-7-5-9-26-19)23-17-6-3-4-8-20(17)27-21;1-14-10-15(11-16(13-24)22(14)25-2)21-12-18(19-8-5-9-26-19)23-17-6-3-4-7-20(17)27-21;20-14-7-2-1-6-13(14)19-12-16(17-10-5-11-22-17)21-15-8-3-4-9-18(15)23-19/h4-13,24,27H,14-15H2,1-3H3;3-14,23H,15H2,1-2H3;2*3-11,21,24H,12-13H2,1-2H3;1-11,19H,12H2. The number of hydrogen-bond acceptors (Lipinski definition) is 19. The van der Waals surface area contributed by atoms with Crippen molar-refractivity contribution in [2.75, 3.05) is 21.3 Å². The van der Waals surface area contributed by atoms with E-state index in [9.17, 15) is 19.7 Å². The monoisotopic (exact) mass is 1860 g/mol. The fraction of sp³-hybridized carbons (Fsp3) is 0.198. The zero-order chi connectivity index (χ0) is 90.9. The molecule has 20 heteroatoms. The number of aliphatic hydroxyl groups is 3. The number of aliphatic hydroxyl groups excluding tert-OH is 3. The van der Waals surface area contributed by atoms with Gasteiger partial charge in [0.25, 0.3) is 0 Å². The van der Waals surface area contributed by atoms with Crippen LogP contribution in [0.4, 0.5) is 32.8 Å². The number of methoxy groups -OCH3 is 3. The first-order valence-electron chi connectivity index (χ1n) is 43.6. The molecule has 12 nitrogen and oxygen atoms in total. The second-order valence-electron chi connectivity index (χ2n) is 32.3. The maximum absolute atomic E-state index is 14.3. The molecule has 0 amide bonds. The fourth-order valence-corrected chi connectivity index (χ4v) is 24.1. The minimum absolute atomic E-state index is 0.0284. The second kappa shape index (κ2) is 44.2. The van der Waals surface area contributed by atoms with Crippen LogP contribution in [-0.4, -0.2) is 65.2 Å². The lowest BCUT2D eigenvalue weighted by atomic mass is 9.97. The molecule has 0 saturated heterocycles. The average molecular weight is 1860 g/mol. The summed E-state index contributed by atoms with van der Waals surface area (Å²) in [6, 6.07) is 99.5. The van der Waals surface area contributed by atoms with Gasteiger partial charge in [0.05, 0.1) is 93.0 Å². The molecule has 20 rings (SSSR count). The largest absolute Gasteiger partial charge is 0.496 e. The van der Waals surface area contributed by atoms with Crippen LogP contribution in [0, 0.1) is 47.4 Å². The molecule has 662 valence electrons. The molecule has 5 unspecified atom stereocenters. The van der Waals surface area contributed by atoms with E-state index in [1.165, 1.54) is 70.3 Å². The van der Waals surface area contributed by atoms with Crippen LogP contribution in [0.15, 0.2) is 362 Å². The Labute approximate surface area is 796 Å². The molecule has 0 aliphatic carbocycles. The molecule has 15 aromatic rings. The maximum Gasteiger partial charge on any atom is 0.148 e. The van der Waals surface area contributed by atoms with Gasteiger partial charge in [-0.2, -0.15) is 0 Å². The van der Waals surface area contributed by atoms with Gasteiger partial charge in [-0.05, 0) is 212 Å². The number of thiophene rings is 2. The number of furan rings is 1. The number of ether oxygens (including phenoxy) is 3. The first kappa shape index (κ1) is 92.9. The summed E-state index contributed by atoms with van der Waals surface area (Å²) in [5.74, 6) is 2.94. The molecule has 5 aliphatic heterocycles. The van der Waals surface area contributed by atoms with E-state index < -0.39 is 0 Å². The van der Waals surface area contributed by atoms with Crippen LogP contribution in [0.3, 0.4) is 0 Å². The van der Waals surface area contributed by atoms with Crippen molar-refractivity contribution in [3.05, 3.63) is 419 Å². The molecule has 0 saturated carbocycles. The highest BCUT2D eigenvalue weighted by Crippen LogP contribution is 2.53. The number of fused-ring (bicyclic) bond motifs is 5. The highest BCUT2D eigenvalue weighted by molar-refractivity contribution is 8.00. The summed E-state index contributed by atoms with van der Waals surface area (Å²) in [6.45, 7) is 12.3. The zero-order valence-electron chi connectivity index (χ0n) is 74.4. The number of aryl methyl sites for hydroxylation is 6. The number of para-hydroxylation sites is 5. The molecule has 5 aliphatic rings. The minimum atomic E-state index is -0.144. The molecule has 3 aromatic heterocycles. The van der Waals surface area contributed by atoms with E-state index in [1.54, 1.807) is 79.9 Å². The van der Waals surface area contributed by atoms with Crippen molar-refractivity contribution in [1.29, 1.82) is 0 Å². The lowest BCUT2D eigenvalue weighted by Gasteiger charge is -2.19. The van der Waals surface area contributed by atoms with Gasteiger partial charge in [-0.3, -0.25) is 20.0 Å². The lowest BCUT2D eigenvalue weighted by Crippen LogP contribution is -2.07. The molecule has 0 fully saturated rings. The Bertz CT molecular complexity index is 6470. The highest BCUT2D eigenvalue weighted by Gasteiger charge is 2.31. The van der Waals surface area contributed by atoms with Crippen LogP contribution in [0.2, 0.25) is 0 Å². The first-order valence-corrected chi connectivity index (χ1v) is 49.7. The van der Waals surface area contributed by atoms with Crippen LogP contribution < -0.4 is 14.2 Å². The van der Waals surface area contributed by atoms with E-state index in [0.717, 1.165) is 171 Å². The van der Waals surface area contributed by atoms with Crippen LogP contribution >= 0.6 is 81.5 Å². The Hall–Kier alpha value is -11.4. The fourth-order valence-electron chi connectivity index (χ4n) is 16.6. The summed E-state index contributed by atoms with van der Waals surface area (Å²) >= 11 is 12.5. The van der Waals surface area contributed by atoms with E-state index in [1.807, 2.05) is 141 Å². The van der Waals surface area contributed by atoms with Crippen molar-refractivity contribution in [1.82, 2.24) is 0 Å². The molecule has 0 bridgehead atoms. The molecule has 3 N–H and O–H groups in total. The average Bonchev–Trinajstić information content (AvgIpc) is 1.75. The number of thioether (sulfide) groups is 5. The summed E-state index contributed by atoms with van der Waals surface area (Å²) in [5.41, 5.74) is 27.8. The van der Waals surface area contributed by atoms with Crippen molar-refractivity contribution < 1.29 is 38.3 Å². The van der Waals surface area contributed by atoms with Crippen LogP contribution in [0.25, 0.3) is 0 Å². The van der Waals surface area contributed by atoms with Crippen molar-refractivity contribution in [3.8, 4) is 17.2 Å². The maximum atomic E-state index is 14.3. The molecule has 12 aromatic carbocycles. The second-order valence-corrected chi connectivity index (χ2v) is 40.5. The molecule has 131 heavy (non-hydrogen) atoms. The highest BCUT2D eigenvalue weighted by atomic mass is 32.2. The van der Waals surface area contributed by atoms with Gasteiger partial charge in [0.15, 0.2) is 0 Å². The first-order chi connectivity index (χ1) is 64.0. The van der Waals surface area contributed by atoms with Crippen LogP contribution in [0.5, 0.6) is 17.2 Å². The topological polar surface area (TPSA) is 163 Å². The molecule has 0 spiro atoms. The van der Waals surface area contributed by atoms with Gasteiger partial charge in [0, 0.05) is 126 Å². The van der Waals surface area contributed by atoms with E-state index in [2.05, 4.69) is 226 Å². The lowest BCUT2D eigenvalue weighted by molar-refractivity contribution is 0.273. The van der Waals surface area contributed by atoms with Gasteiger partial charge in [-0.25, -0.2) is 9.38 Å². The predicted octanol–water partition coefficient (Wildman–Crippen LogP) is 30.4. The molecular formula is C111H102FN5O7S7. The van der Waals surface area contributed by atoms with Gasteiger partial charge in [-0.1, -0.05) is 199 Å². The van der Waals surface area contributed by atoms with Crippen molar-refractivity contribution in [3.63, 3.8) is 0 Å². The Kier molecular flexibility index (Phi) is 31.4.